The average Bonchev–Trinajstić information content (AvgIpc) is 3.03. The van der Waals surface area contributed by atoms with Crippen LogP contribution in [0.15, 0.2) is 12.7 Å². The molecule has 11 nitrogen and oxygen atoms in total. The Morgan fingerprint density at radius 3 is 2.22 bits per heavy atom. The van der Waals surface area contributed by atoms with E-state index in [-0.39, 0.29) is 44.2 Å². The van der Waals surface area contributed by atoms with Gasteiger partial charge in [-0.25, -0.2) is 0 Å². The van der Waals surface area contributed by atoms with Gasteiger partial charge in [-0.2, -0.15) is 0 Å². The number of hydrogen-bond donors (Lipinski definition) is 3. The highest BCUT2D eigenvalue weighted by Gasteiger charge is 2.45. The van der Waals surface area contributed by atoms with E-state index in [0.29, 0.717) is 65.6 Å². The lowest BCUT2D eigenvalue weighted by molar-refractivity contribution is -0.208. The van der Waals surface area contributed by atoms with Gasteiger partial charge in [0.1, 0.15) is 12.2 Å². The monoisotopic (exact) mass is 663 g/mol. The number of rotatable bonds is 29. The molecule has 0 saturated carbocycles. The van der Waals surface area contributed by atoms with Crippen LogP contribution in [0.1, 0.15) is 93.4 Å². The van der Waals surface area contributed by atoms with E-state index in [1.165, 1.54) is 0 Å². The van der Waals surface area contributed by atoms with Gasteiger partial charge >= 0.3 is 0 Å². The van der Waals surface area contributed by atoms with E-state index in [9.17, 15) is 10.2 Å². The van der Waals surface area contributed by atoms with E-state index >= 15 is 0 Å². The molecule has 0 amide bonds. The number of aliphatic hydroxyl groups is 2. The predicted molar refractivity (Wildman–Crippen MR) is 180 cm³/mol. The van der Waals surface area contributed by atoms with Crippen molar-refractivity contribution in [3.63, 3.8) is 0 Å². The lowest BCUT2D eigenvalue weighted by Gasteiger charge is -2.47. The molecule has 1 rings (SSSR count). The van der Waals surface area contributed by atoms with Crippen molar-refractivity contribution in [3.05, 3.63) is 12.7 Å². The summed E-state index contributed by atoms with van der Waals surface area (Å²) in [6.45, 7) is 22.3. The molecule has 0 aliphatic carbocycles. The maximum Gasteiger partial charge on any atom is 0.158 e. The van der Waals surface area contributed by atoms with Gasteiger partial charge in [0, 0.05) is 25.2 Å². The molecule has 0 spiro atoms. The zero-order chi connectivity index (χ0) is 34.5. The summed E-state index contributed by atoms with van der Waals surface area (Å²) in [6.07, 6.45) is 6.25. The van der Waals surface area contributed by atoms with E-state index < -0.39 is 22.9 Å². The molecule has 1 heterocycles. The van der Waals surface area contributed by atoms with Crippen molar-refractivity contribution in [1.82, 2.24) is 0 Å². The molecule has 1 aliphatic heterocycles. The van der Waals surface area contributed by atoms with Crippen molar-refractivity contribution < 1.29 is 48.1 Å². The van der Waals surface area contributed by atoms with Crippen LogP contribution in [-0.2, 0) is 37.9 Å². The normalized spacial score (nSPS) is 21.2. The van der Waals surface area contributed by atoms with Gasteiger partial charge in [-0.1, -0.05) is 26.8 Å². The third-order valence-electron chi connectivity index (χ3n) is 9.37. The smallest absolute Gasteiger partial charge is 0.158 e. The first kappa shape index (κ1) is 43.3. The van der Waals surface area contributed by atoms with Gasteiger partial charge < -0.3 is 53.8 Å². The van der Waals surface area contributed by atoms with Gasteiger partial charge in [-0.3, -0.25) is 0 Å². The molecule has 6 unspecified atom stereocenters. The minimum absolute atomic E-state index is 0.0797. The summed E-state index contributed by atoms with van der Waals surface area (Å²) in [5.41, 5.74) is 4.55. The molecule has 1 saturated heterocycles. The predicted octanol–water partition coefficient (Wildman–Crippen LogP) is 4.40. The SMILES string of the molecule is C=CCOCC(COCC(O)COCCOC(C)(CC)CCOC(C)(CN)C(C)(CC)COC(C)(C)CCO)OC1CCCCO1. The molecule has 0 bridgehead atoms. The maximum absolute atomic E-state index is 10.4. The Morgan fingerprint density at radius 1 is 0.891 bits per heavy atom. The molecule has 46 heavy (non-hydrogen) atoms. The van der Waals surface area contributed by atoms with Crippen LogP contribution in [0.3, 0.4) is 0 Å². The van der Waals surface area contributed by atoms with Crippen LogP contribution in [0.2, 0.25) is 0 Å². The van der Waals surface area contributed by atoms with Gasteiger partial charge in [0.05, 0.1) is 76.3 Å². The second kappa shape index (κ2) is 22.8. The highest BCUT2D eigenvalue weighted by molar-refractivity contribution is 4.96. The maximum atomic E-state index is 10.4. The molecule has 1 fully saturated rings. The highest BCUT2D eigenvalue weighted by atomic mass is 16.7. The van der Waals surface area contributed by atoms with Crippen LogP contribution in [0.25, 0.3) is 0 Å². The van der Waals surface area contributed by atoms with Gasteiger partial charge in [-0.05, 0) is 72.6 Å². The number of ether oxygens (including phenoxy) is 8. The molecular weight excluding hydrogens is 594 g/mol. The van der Waals surface area contributed by atoms with Gasteiger partial charge in [0.2, 0.25) is 0 Å². The van der Waals surface area contributed by atoms with Crippen molar-refractivity contribution in [2.45, 2.75) is 129 Å². The zero-order valence-electron chi connectivity index (χ0n) is 30.2. The third-order valence-corrected chi connectivity index (χ3v) is 9.37. The fourth-order valence-corrected chi connectivity index (χ4v) is 5.04. The fourth-order valence-electron chi connectivity index (χ4n) is 5.04. The second-order valence-corrected chi connectivity index (χ2v) is 13.8. The van der Waals surface area contributed by atoms with Gasteiger partial charge in [-0.15, -0.1) is 6.58 Å². The quantitative estimate of drug-likeness (QED) is 0.0775. The summed E-state index contributed by atoms with van der Waals surface area (Å²) in [6, 6.07) is 0. The molecule has 4 N–H and O–H groups in total. The summed E-state index contributed by atoms with van der Waals surface area (Å²) in [7, 11) is 0. The van der Waals surface area contributed by atoms with Gasteiger partial charge in [0.15, 0.2) is 6.29 Å². The van der Waals surface area contributed by atoms with E-state index in [4.69, 9.17) is 43.6 Å². The van der Waals surface area contributed by atoms with Crippen molar-refractivity contribution in [3.8, 4) is 0 Å². The molecule has 6 atom stereocenters. The zero-order valence-corrected chi connectivity index (χ0v) is 30.2. The van der Waals surface area contributed by atoms with Crippen LogP contribution in [-0.4, -0.2) is 125 Å². The molecule has 274 valence electrons. The molecule has 11 heteroatoms. The Morgan fingerprint density at radius 2 is 1.61 bits per heavy atom. The Hall–Kier alpha value is -0.700. The minimum atomic E-state index is -0.772. The molecule has 1 aliphatic rings. The van der Waals surface area contributed by atoms with E-state index in [2.05, 4.69) is 41.2 Å². The molecular formula is C35H69NO10. The van der Waals surface area contributed by atoms with Crippen molar-refractivity contribution in [1.29, 1.82) is 0 Å². The van der Waals surface area contributed by atoms with Gasteiger partial charge in [0.25, 0.3) is 0 Å². The molecule has 0 aromatic heterocycles. The number of aliphatic hydroxyl groups excluding tert-OH is 2. The first-order valence-corrected chi connectivity index (χ1v) is 17.3. The standard InChI is InChI=1S/C35H69NO10/c1-9-18-39-25-30(46-31-14-12-13-19-42-31)26-41-24-29(38)23-40-21-22-43-34(7,11-3)16-20-44-35(8,27-36)33(6,10-2)28-45-32(4,5)15-17-37/h9,29-31,37-38H,1,10-28,36H2,2-8H3. The number of hydrogen-bond acceptors (Lipinski definition) is 11. The lowest BCUT2D eigenvalue weighted by atomic mass is 9.72. The van der Waals surface area contributed by atoms with Crippen LogP contribution < -0.4 is 5.73 Å². The highest BCUT2D eigenvalue weighted by Crippen LogP contribution is 2.39. The Labute approximate surface area is 279 Å². The van der Waals surface area contributed by atoms with Crippen LogP contribution in [0.4, 0.5) is 0 Å². The summed E-state index contributed by atoms with van der Waals surface area (Å²) in [4.78, 5) is 0. The van der Waals surface area contributed by atoms with Crippen molar-refractivity contribution >= 4 is 0 Å². The van der Waals surface area contributed by atoms with Crippen LogP contribution in [0.5, 0.6) is 0 Å². The van der Waals surface area contributed by atoms with Crippen LogP contribution >= 0.6 is 0 Å². The Balaban J connectivity index is 2.42. The Kier molecular flexibility index (Phi) is 21.5. The largest absolute Gasteiger partial charge is 0.396 e. The minimum Gasteiger partial charge on any atom is -0.396 e. The summed E-state index contributed by atoms with van der Waals surface area (Å²) >= 11 is 0. The fraction of sp³-hybridized carbons (Fsp3) is 0.943. The first-order valence-electron chi connectivity index (χ1n) is 17.3. The van der Waals surface area contributed by atoms with Crippen LogP contribution in [0, 0.1) is 5.41 Å². The summed E-state index contributed by atoms with van der Waals surface area (Å²) in [5, 5.41) is 19.7. The first-order chi connectivity index (χ1) is 21.8. The van der Waals surface area contributed by atoms with E-state index in [1.54, 1.807) is 6.08 Å². The second-order valence-electron chi connectivity index (χ2n) is 13.8. The summed E-state index contributed by atoms with van der Waals surface area (Å²) < 4.78 is 47.6. The molecule has 0 radical (unpaired) electrons. The number of nitrogens with two attached hydrogens (primary N) is 1. The van der Waals surface area contributed by atoms with E-state index in [1.807, 2.05) is 13.8 Å². The van der Waals surface area contributed by atoms with Crippen molar-refractivity contribution in [2.24, 2.45) is 11.1 Å². The Bertz CT molecular complexity index is 782. The molecule has 0 aromatic carbocycles. The lowest BCUT2D eigenvalue weighted by Crippen LogP contribution is -2.55. The van der Waals surface area contributed by atoms with Crippen molar-refractivity contribution in [2.75, 3.05) is 79.2 Å². The molecule has 0 aromatic rings. The average molecular weight is 664 g/mol. The third kappa shape index (κ3) is 16.6. The topological polar surface area (TPSA) is 140 Å². The summed E-state index contributed by atoms with van der Waals surface area (Å²) in [5.74, 6) is 0. The van der Waals surface area contributed by atoms with E-state index in [0.717, 1.165) is 32.1 Å².